The van der Waals surface area contributed by atoms with Crippen LogP contribution >= 0.6 is 15.9 Å². The normalized spacial score (nSPS) is 12.7. The van der Waals surface area contributed by atoms with Crippen molar-refractivity contribution < 1.29 is 0 Å². The van der Waals surface area contributed by atoms with Crippen molar-refractivity contribution in [3.05, 3.63) is 46.7 Å². The van der Waals surface area contributed by atoms with Gasteiger partial charge >= 0.3 is 0 Å². The van der Waals surface area contributed by atoms with Gasteiger partial charge in [0.1, 0.15) is 11.9 Å². The molecule has 2 aromatic heterocycles. The Morgan fingerprint density at radius 1 is 1.38 bits per heavy atom. The van der Waals surface area contributed by atoms with E-state index in [4.69, 9.17) is 0 Å². The minimum absolute atomic E-state index is 0.00410. The van der Waals surface area contributed by atoms with Gasteiger partial charge in [-0.2, -0.15) is 0 Å². The van der Waals surface area contributed by atoms with Gasteiger partial charge in [0.25, 0.3) is 0 Å². The van der Waals surface area contributed by atoms with Crippen LogP contribution in [0.4, 0.5) is 0 Å². The van der Waals surface area contributed by atoms with E-state index in [1.54, 1.807) is 12.4 Å². The topological polar surface area (TPSA) is 42.7 Å². The molecule has 0 saturated heterocycles. The number of nitrogens with one attached hydrogen (secondary N) is 1. The second-order valence-electron chi connectivity index (χ2n) is 3.49. The molecule has 84 valence electrons. The average Bonchev–Trinajstić information content (AvgIpc) is 2.69. The van der Waals surface area contributed by atoms with Crippen LogP contribution in [-0.2, 0) is 7.05 Å². The molecule has 2 aromatic rings. The molecule has 0 fully saturated rings. The molecule has 1 unspecified atom stereocenters. The summed E-state index contributed by atoms with van der Waals surface area (Å²) < 4.78 is 2.97. The molecule has 2 heterocycles. The summed E-state index contributed by atoms with van der Waals surface area (Å²) in [6.45, 7) is 0. The van der Waals surface area contributed by atoms with Crippen molar-refractivity contribution in [3.63, 3.8) is 0 Å². The molecular weight excluding hydrogens is 268 g/mol. The Bertz CT molecular complexity index is 480. The van der Waals surface area contributed by atoms with Crippen molar-refractivity contribution in [3.8, 4) is 0 Å². The van der Waals surface area contributed by atoms with Crippen molar-refractivity contribution in [1.29, 1.82) is 0 Å². The first-order valence-electron chi connectivity index (χ1n) is 4.99. The molecule has 0 aliphatic rings. The van der Waals surface area contributed by atoms with E-state index in [0.717, 1.165) is 16.0 Å². The largest absolute Gasteiger partial charge is 0.336 e. The molecule has 0 bridgehead atoms. The third kappa shape index (κ3) is 2.01. The number of imidazole rings is 1. The summed E-state index contributed by atoms with van der Waals surface area (Å²) in [6.07, 6.45) is 5.50. The lowest BCUT2D eigenvalue weighted by molar-refractivity contribution is 0.600. The average molecular weight is 281 g/mol. The SMILES string of the molecule is CNC(c1ncccc1Br)c1nccn1C. The lowest BCUT2D eigenvalue weighted by atomic mass is 10.2. The van der Waals surface area contributed by atoms with Crippen LogP contribution in [-0.4, -0.2) is 21.6 Å². The molecule has 1 N–H and O–H groups in total. The Morgan fingerprint density at radius 2 is 2.19 bits per heavy atom. The van der Waals surface area contributed by atoms with E-state index in [1.807, 2.05) is 37.0 Å². The summed E-state index contributed by atoms with van der Waals surface area (Å²) in [6, 6.07) is 3.88. The van der Waals surface area contributed by atoms with Gasteiger partial charge in [0.15, 0.2) is 0 Å². The molecule has 16 heavy (non-hydrogen) atoms. The van der Waals surface area contributed by atoms with Crippen molar-refractivity contribution >= 4 is 15.9 Å². The van der Waals surface area contributed by atoms with Crippen LogP contribution < -0.4 is 5.32 Å². The summed E-state index contributed by atoms with van der Waals surface area (Å²) in [7, 11) is 3.88. The van der Waals surface area contributed by atoms with E-state index >= 15 is 0 Å². The van der Waals surface area contributed by atoms with Crippen LogP contribution in [0.2, 0.25) is 0 Å². The lowest BCUT2D eigenvalue weighted by Gasteiger charge is -2.16. The fourth-order valence-electron chi connectivity index (χ4n) is 1.65. The van der Waals surface area contributed by atoms with Gasteiger partial charge in [-0.05, 0) is 35.1 Å². The monoisotopic (exact) mass is 280 g/mol. The number of rotatable bonds is 3. The minimum Gasteiger partial charge on any atom is -0.336 e. The summed E-state index contributed by atoms with van der Waals surface area (Å²) in [5.41, 5.74) is 0.944. The van der Waals surface area contributed by atoms with Crippen molar-refractivity contribution in [2.24, 2.45) is 7.05 Å². The zero-order valence-corrected chi connectivity index (χ0v) is 10.8. The summed E-state index contributed by atoms with van der Waals surface area (Å²) in [5, 5.41) is 3.23. The van der Waals surface area contributed by atoms with Gasteiger partial charge in [-0.1, -0.05) is 0 Å². The maximum absolute atomic E-state index is 4.38. The van der Waals surface area contributed by atoms with Crippen LogP contribution in [0.15, 0.2) is 35.2 Å². The first kappa shape index (κ1) is 11.3. The lowest BCUT2D eigenvalue weighted by Crippen LogP contribution is -2.22. The molecule has 0 aliphatic heterocycles. The Balaban J connectivity index is 2.45. The highest BCUT2D eigenvalue weighted by atomic mass is 79.9. The van der Waals surface area contributed by atoms with Crippen molar-refractivity contribution in [1.82, 2.24) is 19.9 Å². The summed E-state index contributed by atoms with van der Waals surface area (Å²) in [4.78, 5) is 8.73. The quantitative estimate of drug-likeness (QED) is 0.934. The van der Waals surface area contributed by atoms with E-state index in [1.165, 1.54) is 0 Å². The van der Waals surface area contributed by atoms with Crippen LogP contribution in [0.3, 0.4) is 0 Å². The Hall–Kier alpha value is -1.20. The second-order valence-corrected chi connectivity index (χ2v) is 4.34. The molecule has 1 atom stereocenters. The zero-order chi connectivity index (χ0) is 11.5. The Kier molecular flexibility index (Phi) is 3.36. The van der Waals surface area contributed by atoms with Crippen LogP contribution in [0.1, 0.15) is 17.6 Å². The van der Waals surface area contributed by atoms with Crippen LogP contribution in [0, 0.1) is 0 Å². The predicted octanol–water partition coefficient (Wildman–Crippen LogP) is 1.89. The fraction of sp³-hybridized carbons (Fsp3) is 0.273. The molecule has 2 rings (SSSR count). The number of aromatic nitrogens is 3. The first-order chi connectivity index (χ1) is 7.74. The molecule has 0 saturated carbocycles. The molecule has 0 spiro atoms. The summed E-state index contributed by atoms with van der Waals surface area (Å²) in [5.74, 6) is 0.946. The molecule has 4 nitrogen and oxygen atoms in total. The molecular formula is C11H13BrN4. The van der Waals surface area contributed by atoms with Gasteiger partial charge in [0, 0.05) is 30.1 Å². The maximum atomic E-state index is 4.38. The number of pyridine rings is 1. The number of halogens is 1. The molecule has 0 amide bonds. The second kappa shape index (κ2) is 4.76. The van der Waals surface area contributed by atoms with Gasteiger partial charge in [0.2, 0.25) is 0 Å². The van der Waals surface area contributed by atoms with Gasteiger partial charge < -0.3 is 9.88 Å². The smallest absolute Gasteiger partial charge is 0.131 e. The van der Waals surface area contributed by atoms with Gasteiger partial charge in [-0.3, -0.25) is 4.98 Å². The highest BCUT2D eigenvalue weighted by Gasteiger charge is 2.19. The number of nitrogens with zero attached hydrogens (tertiary/aromatic N) is 3. The van der Waals surface area contributed by atoms with E-state index < -0.39 is 0 Å². The standard InChI is InChI=1S/C11H13BrN4/c1-13-10(11-15-6-7-16(11)2)9-8(12)4-3-5-14-9/h3-7,10,13H,1-2H3. The Labute approximate surface area is 103 Å². The number of hydrogen-bond donors (Lipinski definition) is 1. The fourth-order valence-corrected chi connectivity index (χ4v) is 2.14. The van der Waals surface area contributed by atoms with Crippen LogP contribution in [0.25, 0.3) is 0 Å². The van der Waals surface area contributed by atoms with Gasteiger partial charge in [0.05, 0.1) is 5.69 Å². The number of hydrogen-bond acceptors (Lipinski definition) is 3. The molecule has 0 aliphatic carbocycles. The van der Waals surface area contributed by atoms with Crippen molar-refractivity contribution in [2.45, 2.75) is 6.04 Å². The van der Waals surface area contributed by atoms with E-state index in [2.05, 4.69) is 31.2 Å². The first-order valence-corrected chi connectivity index (χ1v) is 5.78. The van der Waals surface area contributed by atoms with Gasteiger partial charge in [-0.25, -0.2) is 4.98 Å². The van der Waals surface area contributed by atoms with Crippen molar-refractivity contribution in [2.75, 3.05) is 7.05 Å². The Morgan fingerprint density at radius 3 is 2.75 bits per heavy atom. The zero-order valence-electron chi connectivity index (χ0n) is 9.18. The highest BCUT2D eigenvalue weighted by molar-refractivity contribution is 9.10. The molecule has 5 heteroatoms. The number of aryl methyl sites for hydroxylation is 1. The third-order valence-electron chi connectivity index (χ3n) is 2.47. The van der Waals surface area contributed by atoms with E-state index in [-0.39, 0.29) is 6.04 Å². The van der Waals surface area contributed by atoms with Gasteiger partial charge in [-0.15, -0.1) is 0 Å². The maximum Gasteiger partial charge on any atom is 0.131 e. The minimum atomic E-state index is -0.00410. The molecule has 0 radical (unpaired) electrons. The highest BCUT2D eigenvalue weighted by Crippen LogP contribution is 2.24. The predicted molar refractivity (Wildman–Crippen MR) is 66.0 cm³/mol. The third-order valence-corrected chi connectivity index (χ3v) is 3.14. The van der Waals surface area contributed by atoms with E-state index in [0.29, 0.717) is 0 Å². The molecule has 0 aromatic carbocycles. The van der Waals surface area contributed by atoms with E-state index in [9.17, 15) is 0 Å². The summed E-state index contributed by atoms with van der Waals surface area (Å²) >= 11 is 3.51. The van der Waals surface area contributed by atoms with Crippen LogP contribution in [0.5, 0.6) is 0 Å².